The SMILES string of the molecule is Cn1c(C(=O)N2CCC([C@@H]3OCCC3C(=O)O)CC2)c(Cl)c2ccccc21. The topological polar surface area (TPSA) is 71.8 Å². The summed E-state index contributed by atoms with van der Waals surface area (Å²) in [5.74, 6) is -1.09. The number of aryl methyl sites for hydroxylation is 1. The summed E-state index contributed by atoms with van der Waals surface area (Å²) in [4.78, 5) is 26.3. The Labute approximate surface area is 162 Å². The standard InChI is InChI=1S/C20H23ClN2O4/c1-22-15-5-3-2-4-13(15)16(21)17(22)19(24)23-9-6-12(7-10-23)18-14(20(25)26)8-11-27-18/h2-5,12,14,18H,6-11H2,1H3,(H,25,26)/t14?,18-/m0/s1. The van der Waals surface area contributed by atoms with Crippen molar-refractivity contribution < 1.29 is 19.4 Å². The van der Waals surface area contributed by atoms with E-state index < -0.39 is 11.9 Å². The van der Waals surface area contributed by atoms with Crippen LogP contribution >= 0.6 is 11.6 Å². The van der Waals surface area contributed by atoms with Gasteiger partial charge in [-0.25, -0.2) is 0 Å². The van der Waals surface area contributed by atoms with Gasteiger partial charge in [0.05, 0.1) is 17.0 Å². The molecule has 3 heterocycles. The fourth-order valence-electron chi connectivity index (χ4n) is 4.51. The van der Waals surface area contributed by atoms with E-state index in [9.17, 15) is 14.7 Å². The van der Waals surface area contributed by atoms with Crippen LogP contribution in [0.3, 0.4) is 0 Å². The molecule has 1 aromatic carbocycles. The highest BCUT2D eigenvalue weighted by Gasteiger charge is 2.41. The number of fused-ring (bicyclic) bond motifs is 1. The second-order valence-corrected chi connectivity index (χ2v) is 7.82. The molecule has 6 nitrogen and oxygen atoms in total. The summed E-state index contributed by atoms with van der Waals surface area (Å²) in [5, 5.41) is 10.7. The van der Waals surface area contributed by atoms with Gasteiger partial charge < -0.3 is 19.3 Å². The van der Waals surface area contributed by atoms with Crippen molar-refractivity contribution in [1.29, 1.82) is 0 Å². The number of carbonyl (C=O) groups is 2. The van der Waals surface area contributed by atoms with Gasteiger partial charge in [-0.2, -0.15) is 0 Å². The number of rotatable bonds is 3. The monoisotopic (exact) mass is 390 g/mol. The van der Waals surface area contributed by atoms with E-state index in [1.165, 1.54) is 0 Å². The summed E-state index contributed by atoms with van der Waals surface area (Å²) in [6.07, 6.45) is 1.84. The van der Waals surface area contributed by atoms with E-state index in [4.69, 9.17) is 16.3 Å². The van der Waals surface area contributed by atoms with Gasteiger partial charge in [-0.1, -0.05) is 29.8 Å². The Bertz CT molecular complexity index is 846. The van der Waals surface area contributed by atoms with Crippen LogP contribution < -0.4 is 0 Å². The summed E-state index contributed by atoms with van der Waals surface area (Å²) >= 11 is 6.51. The number of aromatic nitrogens is 1. The van der Waals surface area contributed by atoms with Crippen LogP contribution in [-0.2, 0) is 16.6 Å². The van der Waals surface area contributed by atoms with Crippen LogP contribution in [0.4, 0.5) is 0 Å². The lowest BCUT2D eigenvalue weighted by Gasteiger charge is -2.35. The molecule has 0 bridgehead atoms. The Morgan fingerprint density at radius 2 is 1.89 bits per heavy atom. The van der Waals surface area contributed by atoms with Crippen molar-refractivity contribution in [1.82, 2.24) is 9.47 Å². The number of nitrogens with zero attached hydrogens (tertiary/aromatic N) is 2. The maximum Gasteiger partial charge on any atom is 0.309 e. The highest BCUT2D eigenvalue weighted by Crippen LogP contribution is 2.35. The molecule has 0 spiro atoms. The third kappa shape index (κ3) is 3.11. The van der Waals surface area contributed by atoms with Gasteiger partial charge >= 0.3 is 5.97 Å². The number of carboxylic acids is 1. The molecule has 1 N–H and O–H groups in total. The molecular formula is C20H23ClN2O4. The molecule has 4 rings (SSSR count). The molecule has 1 amide bonds. The smallest absolute Gasteiger partial charge is 0.309 e. The van der Waals surface area contributed by atoms with Crippen molar-refractivity contribution in [3.05, 3.63) is 35.0 Å². The van der Waals surface area contributed by atoms with Crippen molar-refractivity contribution in [2.24, 2.45) is 18.9 Å². The van der Waals surface area contributed by atoms with E-state index in [-0.39, 0.29) is 17.9 Å². The van der Waals surface area contributed by atoms with E-state index in [1.54, 1.807) is 0 Å². The molecular weight excluding hydrogens is 368 g/mol. The Kier molecular flexibility index (Phi) is 4.86. The van der Waals surface area contributed by atoms with Crippen LogP contribution in [0.2, 0.25) is 5.02 Å². The minimum atomic E-state index is -0.779. The molecule has 2 aromatic rings. The predicted octanol–water partition coefficient (Wildman–Crippen LogP) is 3.17. The van der Waals surface area contributed by atoms with E-state index in [1.807, 2.05) is 40.8 Å². The number of amides is 1. The Morgan fingerprint density at radius 3 is 2.56 bits per heavy atom. The second kappa shape index (κ2) is 7.17. The number of carboxylic acid groups (broad SMARTS) is 1. The zero-order valence-corrected chi connectivity index (χ0v) is 16.0. The number of piperidine rings is 1. The van der Waals surface area contributed by atoms with Crippen LogP contribution in [-0.4, -0.2) is 52.3 Å². The van der Waals surface area contributed by atoms with Crippen LogP contribution in [0.5, 0.6) is 0 Å². The highest BCUT2D eigenvalue weighted by molar-refractivity contribution is 6.38. The molecule has 144 valence electrons. The molecule has 0 radical (unpaired) electrons. The Hall–Kier alpha value is -2.05. The van der Waals surface area contributed by atoms with E-state index in [0.717, 1.165) is 23.7 Å². The van der Waals surface area contributed by atoms with Gasteiger partial charge in [0.25, 0.3) is 5.91 Å². The van der Waals surface area contributed by atoms with Crippen molar-refractivity contribution in [2.75, 3.05) is 19.7 Å². The van der Waals surface area contributed by atoms with Gasteiger partial charge in [0.2, 0.25) is 0 Å². The third-order valence-corrected chi connectivity index (χ3v) is 6.37. The van der Waals surface area contributed by atoms with Crippen molar-refractivity contribution in [3.8, 4) is 0 Å². The molecule has 0 saturated carbocycles. The first kappa shape index (κ1) is 18.3. The van der Waals surface area contributed by atoms with E-state index in [0.29, 0.717) is 36.8 Å². The lowest BCUT2D eigenvalue weighted by molar-refractivity contribution is -0.145. The number of aliphatic carboxylic acids is 1. The Balaban J connectivity index is 1.49. The number of carbonyl (C=O) groups excluding carboxylic acids is 1. The largest absolute Gasteiger partial charge is 0.481 e. The first-order valence-corrected chi connectivity index (χ1v) is 9.73. The molecule has 2 fully saturated rings. The number of likely N-dealkylation sites (tertiary alicyclic amines) is 1. The Morgan fingerprint density at radius 1 is 1.19 bits per heavy atom. The molecule has 7 heteroatoms. The fourth-order valence-corrected chi connectivity index (χ4v) is 4.87. The number of hydrogen-bond donors (Lipinski definition) is 1. The zero-order chi connectivity index (χ0) is 19.1. The maximum atomic E-state index is 13.1. The van der Waals surface area contributed by atoms with Crippen LogP contribution in [0.1, 0.15) is 29.8 Å². The average molecular weight is 391 g/mol. The van der Waals surface area contributed by atoms with Crippen LogP contribution in [0, 0.1) is 11.8 Å². The lowest BCUT2D eigenvalue weighted by Crippen LogP contribution is -2.43. The summed E-state index contributed by atoms with van der Waals surface area (Å²) in [5.41, 5.74) is 1.45. The molecule has 2 aliphatic rings. The third-order valence-electron chi connectivity index (χ3n) is 5.99. The first-order chi connectivity index (χ1) is 13.0. The molecule has 1 aromatic heterocycles. The van der Waals surface area contributed by atoms with Crippen LogP contribution in [0.25, 0.3) is 10.9 Å². The fraction of sp³-hybridized carbons (Fsp3) is 0.500. The minimum absolute atomic E-state index is 0.0701. The highest BCUT2D eigenvalue weighted by atomic mass is 35.5. The number of ether oxygens (including phenoxy) is 1. The van der Waals surface area contributed by atoms with Crippen LogP contribution in [0.15, 0.2) is 24.3 Å². The van der Waals surface area contributed by atoms with Gasteiger partial charge in [-0.3, -0.25) is 9.59 Å². The summed E-state index contributed by atoms with van der Waals surface area (Å²) in [6, 6.07) is 7.71. The molecule has 1 unspecified atom stereocenters. The second-order valence-electron chi connectivity index (χ2n) is 7.44. The number of hydrogen-bond acceptors (Lipinski definition) is 3. The van der Waals surface area contributed by atoms with Gasteiger partial charge in [0, 0.05) is 37.6 Å². The summed E-state index contributed by atoms with van der Waals surface area (Å²) < 4.78 is 7.57. The first-order valence-electron chi connectivity index (χ1n) is 9.35. The van der Waals surface area contributed by atoms with Gasteiger partial charge in [0.1, 0.15) is 5.69 Å². The van der Waals surface area contributed by atoms with Crippen molar-refractivity contribution in [3.63, 3.8) is 0 Å². The molecule has 2 atom stereocenters. The van der Waals surface area contributed by atoms with Crippen molar-refractivity contribution >= 4 is 34.4 Å². The molecule has 27 heavy (non-hydrogen) atoms. The molecule has 0 aliphatic carbocycles. The summed E-state index contributed by atoms with van der Waals surface area (Å²) in [6.45, 7) is 1.69. The zero-order valence-electron chi connectivity index (χ0n) is 15.2. The summed E-state index contributed by atoms with van der Waals surface area (Å²) in [7, 11) is 1.86. The predicted molar refractivity (Wildman–Crippen MR) is 102 cm³/mol. The van der Waals surface area contributed by atoms with Gasteiger partial charge in [-0.05, 0) is 31.2 Å². The normalized spacial score (nSPS) is 23.9. The molecule has 2 saturated heterocycles. The average Bonchev–Trinajstić information content (AvgIpc) is 3.26. The maximum absolute atomic E-state index is 13.1. The van der Waals surface area contributed by atoms with Gasteiger partial charge in [-0.15, -0.1) is 0 Å². The van der Waals surface area contributed by atoms with Gasteiger partial charge in [0.15, 0.2) is 0 Å². The van der Waals surface area contributed by atoms with E-state index in [2.05, 4.69) is 0 Å². The van der Waals surface area contributed by atoms with Crippen molar-refractivity contribution in [2.45, 2.75) is 25.4 Å². The molecule has 2 aliphatic heterocycles. The quantitative estimate of drug-likeness (QED) is 0.873. The number of para-hydroxylation sites is 1. The number of halogens is 1. The lowest BCUT2D eigenvalue weighted by atomic mass is 9.84. The minimum Gasteiger partial charge on any atom is -0.481 e. The van der Waals surface area contributed by atoms with E-state index >= 15 is 0 Å². The number of benzene rings is 1.